The molecule has 0 saturated carbocycles. The first-order chi connectivity index (χ1) is 9.20. The van der Waals surface area contributed by atoms with E-state index in [9.17, 15) is 4.79 Å². The van der Waals surface area contributed by atoms with Gasteiger partial charge in [0.2, 0.25) is 0 Å². The minimum absolute atomic E-state index is 0.0366. The van der Waals surface area contributed by atoms with Crippen molar-refractivity contribution in [2.24, 2.45) is 0 Å². The summed E-state index contributed by atoms with van der Waals surface area (Å²) in [6.45, 7) is 5.34. The van der Waals surface area contributed by atoms with Gasteiger partial charge >= 0.3 is 0 Å². The van der Waals surface area contributed by atoms with Crippen molar-refractivity contribution in [1.29, 1.82) is 0 Å². The summed E-state index contributed by atoms with van der Waals surface area (Å²) in [7, 11) is 0. The number of hydrogen-bond donors (Lipinski definition) is 1. The lowest BCUT2D eigenvalue weighted by Gasteiger charge is -2.27. The number of rotatable bonds is 4. The molecule has 5 heteroatoms. The summed E-state index contributed by atoms with van der Waals surface area (Å²) in [6, 6.07) is 5.50. The minimum atomic E-state index is 0.0366. The predicted molar refractivity (Wildman–Crippen MR) is 75.8 cm³/mol. The van der Waals surface area contributed by atoms with Gasteiger partial charge in [-0.2, -0.15) is 0 Å². The molecule has 1 aliphatic heterocycles. The zero-order chi connectivity index (χ0) is 13.7. The number of carbonyl (C=O) groups excluding carboxylic acids is 1. The normalized spacial score (nSPS) is 15.4. The standard InChI is InChI=1S/C14H19ClN2O2/c1-2-11-9-12(3-4-13(11)15)19-10-14(18)17-7-5-16-6-8-17/h3-4,9,16H,2,5-8,10H2,1H3. The van der Waals surface area contributed by atoms with Crippen LogP contribution in [0.5, 0.6) is 5.75 Å². The van der Waals surface area contributed by atoms with E-state index in [2.05, 4.69) is 5.32 Å². The molecule has 0 spiro atoms. The summed E-state index contributed by atoms with van der Waals surface area (Å²) in [5.41, 5.74) is 1.04. The Kier molecular flexibility index (Phi) is 5.05. The van der Waals surface area contributed by atoms with Crippen molar-refractivity contribution in [3.63, 3.8) is 0 Å². The summed E-state index contributed by atoms with van der Waals surface area (Å²) < 4.78 is 5.55. The van der Waals surface area contributed by atoms with E-state index in [1.807, 2.05) is 24.0 Å². The lowest BCUT2D eigenvalue weighted by molar-refractivity contribution is -0.133. The van der Waals surface area contributed by atoms with Crippen LogP contribution in [-0.2, 0) is 11.2 Å². The zero-order valence-electron chi connectivity index (χ0n) is 11.1. The van der Waals surface area contributed by atoms with E-state index in [1.165, 1.54) is 0 Å². The average Bonchev–Trinajstić information content (AvgIpc) is 2.47. The second-order valence-corrected chi connectivity index (χ2v) is 4.93. The minimum Gasteiger partial charge on any atom is -0.484 e. The number of benzene rings is 1. The van der Waals surface area contributed by atoms with E-state index in [0.717, 1.165) is 43.2 Å². The van der Waals surface area contributed by atoms with Gasteiger partial charge in [0.05, 0.1) is 0 Å². The molecular weight excluding hydrogens is 264 g/mol. The molecule has 0 aliphatic carbocycles. The number of amides is 1. The zero-order valence-corrected chi connectivity index (χ0v) is 11.9. The van der Waals surface area contributed by atoms with Gasteiger partial charge in [-0.1, -0.05) is 18.5 Å². The Bertz CT molecular complexity index is 445. The second-order valence-electron chi connectivity index (χ2n) is 4.53. The Balaban J connectivity index is 1.89. The van der Waals surface area contributed by atoms with Crippen molar-refractivity contribution in [2.75, 3.05) is 32.8 Å². The summed E-state index contributed by atoms with van der Waals surface area (Å²) in [6.07, 6.45) is 0.849. The maximum Gasteiger partial charge on any atom is 0.260 e. The molecule has 4 nitrogen and oxygen atoms in total. The highest BCUT2D eigenvalue weighted by Crippen LogP contribution is 2.22. The number of hydrogen-bond acceptors (Lipinski definition) is 3. The van der Waals surface area contributed by atoms with Gasteiger partial charge in [0.15, 0.2) is 6.61 Å². The Labute approximate surface area is 118 Å². The van der Waals surface area contributed by atoms with Gasteiger partial charge in [-0.05, 0) is 30.2 Å². The highest BCUT2D eigenvalue weighted by Gasteiger charge is 2.16. The van der Waals surface area contributed by atoms with Crippen LogP contribution < -0.4 is 10.1 Å². The maximum absolute atomic E-state index is 11.9. The molecule has 19 heavy (non-hydrogen) atoms. The molecule has 0 atom stereocenters. The monoisotopic (exact) mass is 282 g/mol. The number of ether oxygens (including phenoxy) is 1. The van der Waals surface area contributed by atoms with Crippen LogP contribution in [0, 0.1) is 0 Å². The molecular formula is C14H19ClN2O2. The fraction of sp³-hybridized carbons (Fsp3) is 0.500. The molecule has 1 saturated heterocycles. The third-order valence-corrected chi connectivity index (χ3v) is 3.60. The number of halogens is 1. The first-order valence-corrected chi connectivity index (χ1v) is 6.98. The van der Waals surface area contributed by atoms with Crippen molar-refractivity contribution in [1.82, 2.24) is 10.2 Å². The van der Waals surface area contributed by atoms with Gasteiger partial charge in [0.25, 0.3) is 5.91 Å². The highest BCUT2D eigenvalue weighted by molar-refractivity contribution is 6.31. The largest absolute Gasteiger partial charge is 0.484 e. The lowest BCUT2D eigenvalue weighted by atomic mass is 10.1. The highest BCUT2D eigenvalue weighted by atomic mass is 35.5. The third-order valence-electron chi connectivity index (χ3n) is 3.23. The van der Waals surface area contributed by atoms with Gasteiger partial charge in [-0.3, -0.25) is 4.79 Å². The van der Waals surface area contributed by atoms with E-state index >= 15 is 0 Å². The van der Waals surface area contributed by atoms with E-state index < -0.39 is 0 Å². The van der Waals surface area contributed by atoms with Gasteiger partial charge < -0.3 is 15.0 Å². The molecule has 1 aromatic carbocycles. The van der Waals surface area contributed by atoms with Crippen molar-refractivity contribution in [2.45, 2.75) is 13.3 Å². The van der Waals surface area contributed by atoms with Crippen LogP contribution in [0.15, 0.2) is 18.2 Å². The van der Waals surface area contributed by atoms with Crippen LogP contribution in [0.1, 0.15) is 12.5 Å². The van der Waals surface area contributed by atoms with Crippen molar-refractivity contribution in [3.05, 3.63) is 28.8 Å². The van der Waals surface area contributed by atoms with E-state index in [0.29, 0.717) is 5.75 Å². The average molecular weight is 283 g/mol. The summed E-state index contributed by atoms with van der Waals surface area (Å²) >= 11 is 6.04. The summed E-state index contributed by atoms with van der Waals surface area (Å²) in [5, 5.41) is 3.95. The first-order valence-electron chi connectivity index (χ1n) is 6.60. The topological polar surface area (TPSA) is 41.6 Å². The molecule has 1 aliphatic rings. The number of aryl methyl sites for hydroxylation is 1. The molecule has 0 bridgehead atoms. The Hall–Kier alpha value is -1.26. The maximum atomic E-state index is 11.9. The molecule has 0 unspecified atom stereocenters. The molecule has 1 N–H and O–H groups in total. The molecule has 1 aromatic rings. The molecule has 1 heterocycles. The lowest BCUT2D eigenvalue weighted by Crippen LogP contribution is -2.47. The predicted octanol–water partition coefficient (Wildman–Crippen LogP) is 1.71. The summed E-state index contributed by atoms with van der Waals surface area (Å²) in [5.74, 6) is 0.735. The van der Waals surface area contributed by atoms with Crippen LogP contribution in [0.2, 0.25) is 5.02 Å². The van der Waals surface area contributed by atoms with E-state index in [4.69, 9.17) is 16.3 Å². The SMILES string of the molecule is CCc1cc(OCC(=O)N2CCNCC2)ccc1Cl. The third kappa shape index (κ3) is 3.85. The van der Waals surface area contributed by atoms with Gasteiger partial charge in [-0.25, -0.2) is 0 Å². The molecule has 1 amide bonds. The van der Waals surface area contributed by atoms with Crippen molar-refractivity contribution < 1.29 is 9.53 Å². The first kappa shape index (κ1) is 14.2. The van der Waals surface area contributed by atoms with Gasteiger partial charge in [0.1, 0.15) is 5.75 Å². The van der Waals surface area contributed by atoms with E-state index in [1.54, 1.807) is 6.07 Å². The van der Waals surface area contributed by atoms with Crippen LogP contribution >= 0.6 is 11.6 Å². The second kappa shape index (κ2) is 6.78. The smallest absolute Gasteiger partial charge is 0.260 e. The van der Waals surface area contributed by atoms with Gasteiger partial charge in [0, 0.05) is 31.2 Å². The molecule has 104 valence electrons. The van der Waals surface area contributed by atoms with Crippen LogP contribution in [0.25, 0.3) is 0 Å². The summed E-state index contributed by atoms with van der Waals surface area (Å²) in [4.78, 5) is 13.8. The molecule has 1 fully saturated rings. The molecule has 0 aromatic heterocycles. The van der Waals surface area contributed by atoms with Crippen LogP contribution in [-0.4, -0.2) is 43.6 Å². The fourth-order valence-corrected chi connectivity index (χ4v) is 2.31. The Morgan fingerprint density at radius 3 is 2.84 bits per heavy atom. The van der Waals surface area contributed by atoms with Gasteiger partial charge in [-0.15, -0.1) is 0 Å². The fourth-order valence-electron chi connectivity index (χ4n) is 2.06. The Morgan fingerprint density at radius 2 is 2.16 bits per heavy atom. The van der Waals surface area contributed by atoms with Crippen molar-refractivity contribution in [3.8, 4) is 5.75 Å². The number of carbonyl (C=O) groups is 1. The molecule has 0 radical (unpaired) electrons. The number of nitrogens with one attached hydrogen (secondary N) is 1. The number of nitrogens with zero attached hydrogens (tertiary/aromatic N) is 1. The quantitative estimate of drug-likeness (QED) is 0.914. The van der Waals surface area contributed by atoms with Crippen LogP contribution in [0.3, 0.4) is 0 Å². The number of piperazine rings is 1. The Morgan fingerprint density at radius 1 is 1.42 bits per heavy atom. The van der Waals surface area contributed by atoms with Crippen LogP contribution in [0.4, 0.5) is 0 Å². The molecule has 2 rings (SSSR count). The van der Waals surface area contributed by atoms with E-state index in [-0.39, 0.29) is 12.5 Å². The van der Waals surface area contributed by atoms with Crippen molar-refractivity contribution >= 4 is 17.5 Å².